The van der Waals surface area contributed by atoms with E-state index >= 15 is 0 Å². The highest BCUT2D eigenvalue weighted by Crippen LogP contribution is 2.10. The summed E-state index contributed by atoms with van der Waals surface area (Å²) in [6.07, 6.45) is 2.22. The average molecular weight is 227 g/mol. The lowest BCUT2D eigenvalue weighted by molar-refractivity contribution is 0.0290. The summed E-state index contributed by atoms with van der Waals surface area (Å²) in [5, 5.41) is 7.83. The Hall–Kier alpha value is -0.490. The SMILES string of the molecule is Cc1cnc(CNCC2CNCCO2)s1. The minimum atomic E-state index is 0.305. The number of aromatic nitrogens is 1. The van der Waals surface area contributed by atoms with Gasteiger partial charge < -0.3 is 15.4 Å². The van der Waals surface area contributed by atoms with Gasteiger partial charge in [-0.1, -0.05) is 0 Å². The van der Waals surface area contributed by atoms with Crippen LogP contribution >= 0.6 is 11.3 Å². The van der Waals surface area contributed by atoms with Crippen molar-refractivity contribution >= 4 is 11.3 Å². The van der Waals surface area contributed by atoms with E-state index in [2.05, 4.69) is 22.5 Å². The Labute approximate surface area is 94.1 Å². The molecule has 1 aliphatic heterocycles. The van der Waals surface area contributed by atoms with Crippen LogP contribution in [0.25, 0.3) is 0 Å². The van der Waals surface area contributed by atoms with Crippen molar-refractivity contribution < 1.29 is 4.74 Å². The van der Waals surface area contributed by atoms with Gasteiger partial charge in [-0.3, -0.25) is 0 Å². The van der Waals surface area contributed by atoms with E-state index in [0.717, 1.165) is 37.8 Å². The van der Waals surface area contributed by atoms with E-state index in [1.807, 2.05) is 6.20 Å². The number of hydrogen-bond donors (Lipinski definition) is 2. The molecule has 0 bridgehead atoms. The van der Waals surface area contributed by atoms with Crippen molar-refractivity contribution in [3.05, 3.63) is 16.1 Å². The van der Waals surface area contributed by atoms with Gasteiger partial charge in [0.2, 0.25) is 0 Å². The van der Waals surface area contributed by atoms with Crippen LogP contribution in [0.5, 0.6) is 0 Å². The normalized spacial score (nSPS) is 21.8. The Morgan fingerprint density at radius 2 is 2.67 bits per heavy atom. The van der Waals surface area contributed by atoms with Crippen molar-refractivity contribution in [3.63, 3.8) is 0 Å². The molecular weight excluding hydrogens is 210 g/mol. The fourth-order valence-corrected chi connectivity index (χ4v) is 2.33. The van der Waals surface area contributed by atoms with Crippen LogP contribution in [-0.4, -0.2) is 37.3 Å². The summed E-state index contributed by atoms with van der Waals surface area (Å²) in [5.41, 5.74) is 0. The number of hydrogen-bond acceptors (Lipinski definition) is 5. The number of nitrogens with one attached hydrogen (secondary N) is 2. The summed E-state index contributed by atoms with van der Waals surface area (Å²) in [4.78, 5) is 5.56. The van der Waals surface area contributed by atoms with Gasteiger partial charge >= 0.3 is 0 Å². The number of aryl methyl sites for hydroxylation is 1. The maximum atomic E-state index is 5.58. The summed E-state index contributed by atoms with van der Waals surface area (Å²) in [5.74, 6) is 0. The van der Waals surface area contributed by atoms with Crippen molar-refractivity contribution in [1.29, 1.82) is 0 Å². The van der Waals surface area contributed by atoms with Gasteiger partial charge in [-0.2, -0.15) is 0 Å². The molecule has 0 radical (unpaired) electrons. The maximum Gasteiger partial charge on any atom is 0.107 e. The molecule has 0 aromatic carbocycles. The number of nitrogens with zero attached hydrogens (tertiary/aromatic N) is 1. The summed E-state index contributed by atoms with van der Waals surface area (Å²) in [7, 11) is 0. The number of rotatable bonds is 4. The fraction of sp³-hybridized carbons (Fsp3) is 0.700. The van der Waals surface area contributed by atoms with E-state index in [0.29, 0.717) is 6.10 Å². The van der Waals surface area contributed by atoms with E-state index in [9.17, 15) is 0 Å². The first-order valence-electron chi connectivity index (χ1n) is 5.29. The van der Waals surface area contributed by atoms with Crippen LogP contribution in [0.3, 0.4) is 0 Å². The minimum absolute atomic E-state index is 0.305. The van der Waals surface area contributed by atoms with E-state index in [1.165, 1.54) is 4.88 Å². The second-order valence-corrected chi connectivity index (χ2v) is 5.01. The van der Waals surface area contributed by atoms with Gasteiger partial charge in [-0.05, 0) is 6.92 Å². The summed E-state index contributed by atoms with van der Waals surface area (Å²) in [6.45, 7) is 6.56. The van der Waals surface area contributed by atoms with E-state index in [4.69, 9.17) is 4.74 Å². The predicted molar refractivity (Wildman–Crippen MR) is 61.2 cm³/mol. The standard InChI is InChI=1S/C10H17N3OS/c1-8-4-13-10(15-8)7-12-6-9-5-11-2-3-14-9/h4,9,11-12H,2-3,5-7H2,1H3. The Morgan fingerprint density at radius 3 is 3.33 bits per heavy atom. The lowest BCUT2D eigenvalue weighted by atomic mass is 10.3. The molecular formula is C10H17N3OS. The van der Waals surface area contributed by atoms with Gasteiger partial charge in [0, 0.05) is 37.3 Å². The molecule has 1 aromatic rings. The Balaban J connectivity index is 1.65. The maximum absolute atomic E-state index is 5.58. The van der Waals surface area contributed by atoms with Gasteiger partial charge in [-0.15, -0.1) is 11.3 Å². The Morgan fingerprint density at radius 1 is 1.73 bits per heavy atom. The van der Waals surface area contributed by atoms with Crippen LogP contribution in [0, 0.1) is 6.92 Å². The van der Waals surface area contributed by atoms with Crippen LogP contribution in [0.2, 0.25) is 0 Å². The van der Waals surface area contributed by atoms with Crippen LogP contribution < -0.4 is 10.6 Å². The highest BCUT2D eigenvalue weighted by molar-refractivity contribution is 7.11. The van der Waals surface area contributed by atoms with E-state index < -0.39 is 0 Å². The molecule has 1 atom stereocenters. The highest BCUT2D eigenvalue weighted by Gasteiger charge is 2.12. The summed E-state index contributed by atoms with van der Waals surface area (Å²) in [6, 6.07) is 0. The van der Waals surface area contributed by atoms with E-state index in [-0.39, 0.29) is 0 Å². The fourth-order valence-electron chi connectivity index (χ4n) is 1.57. The topological polar surface area (TPSA) is 46.2 Å². The molecule has 4 nitrogen and oxygen atoms in total. The van der Waals surface area contributed by atoms with Gasteiger partial charge in [0.15, 0.2) is 0 Å². The monoisotopic (exact) mass is 227 g/mol. The first kappa shape index (κ1) is 11.0. The molecule has 5 heteroatoms. The number of thiazole rings is 1. The zero-order valence-corrected chi connectivity index (χ0v) is 9.77. The zero-order chi connectivity index (χ0) is 10.5. The van der Waals surface area contributed by atoms with Crippen molar-refractivity contribution in [2.75, 3.05) is 26.2 Å². The molecule has 0 saturated carbocycles. The predicted octanol–water partition coefficient (Wildman–Crippen LogP) is 0.530. The van der Waals surface area contributed by atoms with E-state index in [1.54, 1.807) is 11.3 Å². The minimum Gasteiger partial charge on any atom is -0.374 e. The summed E-state index contributed by atoms with van der Waals surface area (Å²) >= 11 is 1.74. The smallest absolute Gasteiger partial charge is 0.107 e. The molecule has 2 rings (SSSR count). The third kappa shape index (κ3) is 3.53. The molecule has 0 amide bonds. The van der Waals surface area contributed by atoms with Gasteiger partial charge in [0.1, 0.15) is 5.01 Å². The first-order valence-corrected chi connectivity index (χ1v) is 6.10. The highest BCUT2D eigenvalue weighted by atomic mass is 32.1. The lowest BCUT2D eigenvalue weighted by Gasteiger charge is -2.23. The van der Waals surface area contributed by atoms with Crippen LogP contribution in [0.15, 0.2) is 6.20 Å². The molecule has 1 fully saturated rings. The van der Waals surface area contributed by atoms with Gasteiger partial charge in [0.05, 0.1) is 12.7 Å². The molecule has 1 aliphatic rings. The van der Waals surface area contributed by atoms with Crippen molar-refractivity contribution in [2.45, 2.75) is 19.6 Å². The van der Waals surface area contributed by atoms with Crippen molar-refractivity contribution in [2.24, 2.45) is 0 Å². The third-order valence-electron chi connectivity index (χ3n) is 2.32. The quantitative estimate of drug-likeness (QED) is 0.787. The number of morpholine rings is 1. The van der Waals surface area contributed by atoms with Crippen LogP contribution in [-0.2, 0) is 11.3 Å². The first-order chi connectivity index (χ1) is 7.34. The zero-order valence-electron chi connectivity index (χ0n) is 8.95. The van der Waals surface area contributed by atoms with Crippen molar-refractivity contribution in [3.8, 4) is 0 Å². The molecule has 1 saturated heterocycles. The Kier molecular flexibility index (Phi) is 4.08. The molecule has 15 heavy (non-hydrogen) atoms. The molecule has 0 aliphatic carbocycles. The molecule has 1 unspecified atom stereocenters. The second kappa shape index (κ2) is 5.55. The average Bonchev–Trinajstić information content (AvgIpc) is 2.66. The van der Waals surface area contributed by atoms with Gasteiger partial charge in [0.25, 0.3) is 0 Å². The molecule has 2 N–H and O–H groups in total. The number of ether oxygens (including phenoxy) is 1. The largest absolute Gasteiger partial charge is 0.374 e. The molecule has 2 heterocycles. The third-order valence-corrected chi connectivity index (χ3v) is 3.23. The molecule has 84 valence electrons. The van der Waals surface area contributed by atoms with Crippen LogP contribution in [0.1, 0.15) is 9.88 Å². The summed E-state index contributed by atoms with van der Waals surface area (Å²) < 4.78 is 5.58. The van der Waals surface area contributed by atoms with Crippen molar-refractivity contribution in [1.82, 2.24) is 15.6 Å². The molecule has 0 spiro atoms. The lowest BCUT2D eigenvalue weighted by Crippen LogP contribution is -2.43. The Bertz CT molecular complexity index is 297. The van der Waals surface area contributed by atoms with Gasteiger partial charge in [-0.25, -0.2) is 4.98 Å². The van der Waals surface area contributed by atoms with Crippen LogP contribution in [0.4, 0.5) is 0 Å². The molecule has 1 aromatic heterocycles. The second-order valence-electron chi connectivity index (χ2n) is 3.69.